The maximum Gasteiger partial charge on any atom is 0.230 e. The van der Waals surface area contributed by atoms with Gasteiger partial charge in [-0.2, -0.15) is 0 Å². The van der Waals surface area contributed by atoms with Crippen LogP contribution in [0.3, 0.4) is 0 Å². The third kappa shape index (κ3) is 5.32. The van der Waals surface area contributed by atoms with Crippen LogP contribution in [0.25, 0.3) is 0 Å². The molecule has 1 N–H and O–H groups in total. The zero-order chi connectivity index (χ0) is 18.6. The van der Waals surface area contributed by atoms with Crippen LogP contribution >= 0.6 is 35.3 Å². The van der Waals surface area contributed by atoms with Crippen LogP contribution in [0.4, 0.5) is 5.13 Å². The number of hydrogen-bond donors (Lipinski definition) is 1. The molecule has 0 saturated heterocycles. The maximum atomic E-state index is 12.2. The quantitative estimate of drug-likeness (QED) is 0.618. The number of hydrogen-bond acceptors (Lipinski definition) is 4. The summed E-state index contributed by atoms with van der Waals surface area (Å²) in [5, 5.41) is 6.25. The molecule has 0 saturated carbocycles. The Labute approximate surface area is 180 Å². The number of nitrogens with one attached hydrogen (secondary N) is 1. The number of halogens is 2. The second-order valence-electron chi connectivity index (χ2n) is 6.72. The van der Waals surface area contributed by atoms with Crippen molar-refractivity contribution in [1.82, 2.24) is 9.88 Å². The van der Waals surface area contributed by atoms with E-state index >= 15 is 0 Å². The molecule has 28 heavy (non-hydrogen) atoms. The number of rotatable bonds is 5. The van der Waals surface area contributed by atoms with Gasteiger partial charge >= 0.3 is 0 Å². The van der Waals surface area contributed by atoms with Gasteiger partial charge in [0.15, 0.2) is 5.13 Å². The van der Waals surface area contributed by atoms with Crippen LogP contribution in [0.1, 0.15) is 22.4 Å². The molecule has 1 aromatic heterocycles. The van der Waals surface area contributed by atoms with Gasteiger partial charge in [-0.05, 0) is 35.2 Å². The molecule has 0 spiro atoms. The third-order valence-corrected chi connectivity index (χ3v) is 5.73. The van der Waals surface area contributed by atoms with Gasteiger partial charge in [0.25, 0.3) is 0 Å². The molecule has 1 aliphatic rings. The minimum Gasteiger partial charge on any atom is -0.302 e. The molecule has 0 aliphatic carbocycles. The van der Waals surface area contributed by atoms with Gasteiger partial charge in [-0.15, -0.1) is 23.7 Å². The number of nitrogens with zero attached hydrogens (tertiary/aromatic N) is 2. The van der Waals surface area contributed by atoms with Gasteiger partial charge in [-0.25, -0.2) is 4.98 Å². The van der Waals surface area contributed by atoms with Gasteiger partial charge < -0.3 is 5.32 Å². The minimum atomic E-state index is -0.0647. The second-order valence-corrected chi connectivity index (χ2v) is 8.02. The predicted molar refractivity (Wildman–Crippen MR) is 117 cm³/mol. The van der Waals surface area contributed by atoms with Crippen LogP contribution in [0.5, 0.6) is 0 Å². The Kier molecular flexibility index (Phi) is 7.08. The Morgan fingerprint density at radius 2 is 1.89 bits per heavy atom. The molecule has 0 unspecified atom stereocenters. The van der Waals surface area contributed by atoms with Crippen molar-refractivity contribution in [3.05, 3.63) is 81.3 Å². The van der Waals surface area contributed by atoms with Crippen molar-refractivity contribution < 1.29 is 4.79 Å². The van der Waals surface area contributed by atoms with Crippen molar-refractivity contribution in [2.24, 2.45) is 0 Å². The van der Waals surface area contributed by atoms with E-state index in [1.54, 1.807) is 12.1 Å². The molecule has 2 aromatic carbocycles. The highest BCUT2D eigenvalue weighted by Crippen LogP contribution is 2.22. The Bertz CT molecular complexity index is 943. The number of fused-ring (bicyclic) bond motifs is 1. The molecule has 146 valence electrons. The molecule has 4 nitrogen and oxygen atoms in total. The van der Waals surface area contributed by atoms with Gasteiger partial charge in [0.2, 0.25) is 5.91 Å². The first kappa shape index (κ1) is 20.8. The highest BCUT2D eigenvalue weighted by molar-refractivity contribution is 7.13. The van der Waals surface area contributed by atoms with E-state index in [-0.39, 0.29) is 18.3 Å². The maximum absolute atomic E-state index is 12.2. The SMILES string of the molecule is Cl.O=C(Cc1ccc(Cl)cc1)Nc1nc(CN2CCc3ccccc3C2)cs1. The Balaban J connectivity index is 0.00000225. The van der Waals surface area contributed by atoms with Crippen LogP contribution in [-0.2, 0) is 30.7 Å². The van der Waals surface area contributed by atoms with E-state index in [9.17, 15) is 4.79 Å². The van der Waals surface area contributed by atoms with Gasteiger partial charge in [0.1, 0.15) is 0 Å². The van der Waals surface area contributed by atoms with Crippen molar-refractivity contribution in [2.75, 3.05) is 11.9 Å². The number of carbonyl (C=O) groups is 1. The molecule has 1 aliphatic heterocycles. The summed E-state index contributed by atoms with van der Waals surface area (Å²) in [7, 11) is 0. The Morgan fingerprint density at radius 1 is 1.14 bits per heavy atom. The minimum absolute atomic E-state index is 0. The summed E-state index contributed by atoms with van der Waals surface area (Å²) in [6.07, 6.45) is 1.39. The topological polar surface area (TPSA) is 45.2 Å². The molecule has 1 amide bonds. The molecule has 3 aromatic rings. The molecule has 0 bridgehead atoms. The zero-order valence-corrected chi connectivity index (χ0v) is 17.6. The second kappa shape index (κ2) is 9.52. The normalized spacial score (nSPS) is 13.5. The Hall–Kier alpha value is -1.92. The summed E-state index contributed by atoms with van der Waals surface area (Å²) in [6.45, 7) is 2.79. The van der Waals surface area contributed by atoms with E-state index in [1.807, 2.05) is 17.5 Å². The molecule has 0 fully saturated rings. The van der Waals surface area contributed by atoms with Crippen LogP contribution in [0.2, 0.25) is 5.02 Å². The summed E-state index contributed by atoms with van der Waals surface area (Å²) in [5.41, 5.74) is 4.78. The van der Waals surface area contributed by atoms with Gasteiger partial charge in [-0.1, -0.05) is 48.0 Å². The summed E-state index contributed by atoms with van der Waals surface area (Å²) >= 11 is 7.35. The van der Waals surface area contributed by atoms with Gasteiger partial charge in [-0.3, -0.25) is 9.69 Å². The molecule has 0 atom stereocenters. The molecular formula is C21H21Cl2N3OS. The average molecular weight is 434 g/mol. The summed E-state index contributed by atoms with van der Waals surface area (Å²) < 4.78 is 0. The van der Waals surface area contributed by atoms with Gasteiger partial charge in [0, 0.05) is 30.0 Å². The molecular weight excluding hydrogens is 413 g/mol. The number of amides is 1. The van der Waals surface area contributed by atoms with Crippen LogP contribution in [0, 0.1) is 0 Å². The first-order valence-electron chi connectivity index (χ1n) is 8.93. The fourth-order valence-corrected chi connectivity index (χ4v) is 4.15. The van der Waals surface area contributed by atoms with Crippen LogP contribution in [0.15, 0.2) is 53.9 Å². The zero-order valence-electron chi connectivity index (χ0n) is 15.2. The number of anilines is 1. The summed E-state index contributed by atoms with van der Waals surface area (Å²) in [4.78, 5) is 19.2. The number of thiazole rings is 1. The van der Waals surface area contributed by atoms with Crippen molar-refractivity contribution in [3.8, 4) is 0 Å². The lowest BCUT2D eigenvalue weighted by Gasteiger charge is -2.27. The van der Waals surface area contributed by atoms with E-state index in [0.29, 0.717) is 16.6 Å². The number of aromatic nitrogens is 1. The van der Waals surface area contributed by atoms with Crippen molar-refractivity contribution in [3.63, 3.8) is 0 Å². The first-order valence-corrected chi connectivity index (χ1v) is 10.2. The van der Waals surface area contributed by atoms with Crippen molar-refractivity contribution in [1.29, 1.82) is 0 Å². The largest absolute Gasteiger partial charge is 0.302 e. The smallest absolute Gasteiger partial charge is 0.230 e. The standard InChI is InChI=1S/C21H20ClN3OS.ClH/c22-18-7-5-15(6-8-18)11-20(26)24-21-23-19(14-27-21)13-25-10-9-16-3-1-2-4-17(16)12-25;/h1-8,14H,9-13H2,(H,23,24,26);1H. The molecule has 2 heterocycles. The molecule has 0 radical (unpaired) electrons. The van der Waals surface area contributed by atoms with E-state index in [0.717, 1.165) is 37.3 Å². The van der Waals surface area contributed by atoms with Crippen molar-refractivity contribution in [2.45, 2.75) is 25.9 Å². The van der Waals surface area contributed by atoms with E-state index in [1.165, 1.54) is 22.5 Å². The third-order valence-electron chi connectivity index (χ3n) is 4.67. The van der Waals surface area contributed by atoms with E-state index < -0.39 is 0 Å². The lowest BCUT2D eigenvalue weighted by Crippen LogP contribution is -2.30. The predicted octanol–water partition coefficient (Wildman–Crippen LogP) is 4.96. The van der Waals surface area contributed by atoms with Crippen molar-refractivity contribution >= 4 is 46.4 Å². The monoisotopic (exact) mass is 433 g/mol. The lowest BCUT2D eigenvalue weighted by molar-refractivity contribution is -0.115. The highest BCUT2D eigenvalue weighted by Gasteiger charge is 2.17. The number of benzene rings is 2. The summed E-state index contributed by atoms with van der Waals surface area (Å²) in [5.74, 6) is -0.0647. The fourth-order valence-electron chi connectivity index (χ4n) is 3.31. The van der Waals surface area contributed by atoms with Crippen LogP contribution in [-0.4, -0.2) is 22.3 Å². The number of carbonyl (C=O) groups excluding carboxylic acids is 1. The first-order chi connectivity index (χ1) is 13.2. The van der Waals surface area contributed by atoms with Crippen LogP contribution < -0.4 is 5.32 Å². The molecule has 7 heteroatoms. The van der Waals surface area contributed by atoms with Gasteiger partial charge in [0.05, 0.1) is 12.1 Å². The lowest BCUT2D eigenvalue weighted by atomic mass is 10.00. The van der Waals surface area contributed by atoms with E-state index in [4.69, 9.17) is 11.6 Å². The van der Waals surface area contributed by atoms with E-state index in [2.05, 4.69) is 39.5 Å². The average Bonchev–Trinajstić information content (AvgIpc) is 3.10. The highest BCUT2D eigenvalue weighted by atomic mass is 35.5. The summed E-state index contributed by atoms with van der Waals surface area (Å²) in [6, 6.07) is 15.9. The Morgan fingerprint density at radius 3 is 2.68 bits per heavy atom. The molecule has 4 rings (SSSR count). The fraction of sp³-hybridized carbons (Fsp3) is 0.238.